The van der Waals surface area contributed by atoms with E-state index in [0.717, 1.165) is 5.56 Å². The van der Waals surface area contributed by atoms with Crippen molar-refractivity contribution in [3.8, 4) is 0 Å². The van der Waals surface area contributed by atoms with E-state index in [2.05, 4.69) is 0 Å². The lowest BCUT2D eigenvalue weighted by Gasteiger charge is -1.91. The molecule has 4 heteroatoms. The van der Waals surface area contributed by atoms with Crippen molar-refractivity contribution in [2.45, 2.75) is 5.88 Å². The number of hydrogen-bond acceptors (Lipinski definition) is 2. The first-order valence-corrected chi connectivity index (χ1v) is 4.41. The molecule has 13 heavy (non-hydrogen) atoms. The molecule has 0 N–H and O–H groups in total. The fraction of sp³-hybridized carbons (Fsp3) is 0.222. The molecule has 0 atom stereocenters. The minimum Gasteiger partial charge on any atom is -0.376 e. The van der Waals surface area contributed by atoms with E-state index in [1.54, 1.807) is 19.2 Å². The Hall–Kier alpha value is -1.22. The summed E-state index contributed by atoms with van der Waals surface area (Å²) >= 11 is 5.65. The molecule has 0 fully saturated rings. The van der Waals surface area contributed by atoms with E-state index in [0.29, 0.717) is 16.8 Å². The van der Waals surface area contributed by atoms with Gasteiger partial charge < -0.3 is 4.52 Å². The Labute approximate surface area is 79.5 Å². The Morgan fingerprint density at radius 3 is 3.00 bits per heavy atom. The van der Waals surface area contributed by atoms with Crippen LogP contribution in [0.5, 0.6) is 0 Å². The maximum absolute atomic E-state index is 11.4. The normalized spacial score (nSPS) is 10.9. The predicted octanol–water partition coefficient (Wildman–Crippen LogP) is 1.87. The fourth-order valence-electron chi connectivity index (χ4n) is 1.26. The van der Waals surface area contributed by atoms with Gasteiger partial charge in [0.25, 0.3) is 5.56 Å². The van der Waals surface area contributed by atoms with Crippen LogP contribution in [0.3, 0.4) is 0 Å². The van der Waals surface area contributed by atoms with Crippen LogP contribution in [0.2, 0.25) is 0 Å². The highest BCUT2D eigenvalue weighted by atomic mass is 35.5. The van der Waals surface area contributed by atoms with Crippen LogP contribution in [-0.2, 0) is 12.9 Å². The first-order chi connectivity index (χ1) is 6.22. The number of fused-ring (bicyclic) bond motifs is 1. The molecule has 1 aromatic carbocycles. The number of benzene rings is 1. The fourth-order valence-corrected chi connectivity index (χ4v) is 1.43. The number of halogens is 1. The van der Waals surface area contributed by atoms with E-state index < -0.39 is 0 Å². The molecule has 68 valence electrons. The van der Waals surface area contributed by atoms with E-state index >= 15 is 0 Å². The third-order valence-corrected chi connectivity index (χ3v) is 2.26. The molecule has 1 heterocycles. The smallest absolute Gasteiger partial charge is 0.290 e. The first kappa shape index (κ1) is 8.38. The van der Waals surface area contributed by atoms with Crippen molar-refractivity contribution in [2.24, 2.45) is 7.05 Å². The van der Waals surface area contributed by atoms with Crippen molar-refractivity contribution < 1.29 is 4.52 Å². The number of hydrogen-bond donors (Lipinski definition) is 0. The lowest BCUT2D eigenvalue weighted by molar-refractivity contribution is 0.324. The number of aromatic nitrogens is 1. The maximum atomic E-state index is 11.4. The van der Waals surface area contributed by atoms with E-state index in [1.165, 1.54) is 4.74 Å². The van der Waals surface area contributed by atoms with Crippen molar-refractivity contribution in [1.29, 1.82) is 0 Å². The second-order valence-corrected chi connectivity index (χ2v) is 3.13. The van der Waals surface area contributed by atoms with Gasteiger partial charge in [-0.25, -0.2) is 0 Å². The number of aryl methyl sites for hydroxylation is 1. The van der Waals surface area contributed by atoms with E-state index in [9.17, 15) is 4.79 Å². The second-order valence-electron chi connectivity index (χ2n) is 2.86. The van der Waals surface area contributed by atoms with E-state index in [4.69, 9.17) is 16.1 Å². The molecule has 0 saturated heterocycles. The Bertz CT molecular complexity index is 498. The lowest BCUT2D eigenvalue weighted by atomic mass is 10.2. The second kappa shape index (κ2) is 2.92. The Kier molecular flexibility index (Phi) is 1.88. The van der Waals surface area contributed by atoms with Gasteiger partial charge in [-0.1, -0.05) is 6.07 Å². The average Bonchev–Trinajstić information content (AvgIpc) is 2.42. The molecule has 0 radical (unpaired) electrons. The van der Waals surface area contributed by atoms with E-state index in [-0.39, 0.29) is 5.56 Å². The third-order valence-electron chi connectivity index (χ3n) is 1.95. The minimum atomic E-state index is -0.115. The lowest BCUT2D eigenvalue weighted by Crippen LogP contribution is -2.08. The molecule has 0 bridgehead atoms. The molecule has 0 unspecified atom stereocenters. The summed E-state index contributed by atoms with van der Waals surface area (Å²) in [5, 5.41) is 0.594. The maximum Gasteiger partial charge on any atom is 0.290 e. The molecule has 0 aliphatic carbocycles. The highest BCUT2D eigenvalue weighted by molar-refractivity contribution is 6.17. The van der Waals surface area contributed by atoms with Crippen LogP contribution in [0, 0.1) is 0 Å². The molecule has 0 amide bonds. The zero-order valence-electron chi connectivity index (χ0n) is 7.08. The average molecular weight is 198 g/mol. The third kappa shape index (κ3) is 1.25. The predicted molar refractivity (Wildman–Crippen MR) is 51.0 cm³/mol. The van der Waals surface area contributed by atoms with Crippen molar-refractivity contribution >= 4 is 22.6 Å². The molecule has 2 aromatic rings. The summed E-state index contributed by atoms with van der Waals surface area (Å²) in [5.74, 6) is 0.425. The summed E-state index contributed by atoms with van der Waals surface area (Å²) in [6.45, 7) is 0. The molecule has 1 aromatic heterocycles. The number of nitrogens with zero attached hydrogens (tertiary/aromatic N) is 1. The van der Waals surface area contributed by atoms with Gasteiger partial charge in [0, 0.05) is 12.9 Å². The summed E-state index contributed by atoms with van der Waals surface area (Å²) in [7, 11) is 1.59. The van der Waals surface area contributed by atoms with Crippen molar-refractivity contribution in [3.05, 3.63) is 34.1 Å². The van der Waals surface area contributed by atoms with Gasteiger partial charge in [-0.05, 0) is 17.7 Å². The van der Waals surface area contributed by atoms with Gasteiger partial charge in [-0.3, -0.25) is 4.79 Å². The Morgan fingerprint density at radius 2 is 2.31 bits per heavy atom. The van der Waals surface area contributed by atoms with Crippen LogP contribution in [0.25, 0.3) is 11.0 Å². The molecular weight excluding hydrogens is 190 g/mol. The summed E-state index contributed by atoms with van der Waals surface area (Å²) in [6, 6.07) is 5.34. The molecule has 0 saturated carbocycles. The van der Waals surface area contributed by atoms with Gasteiger partial charge in [-0.15, -0.1) is 11.6 Å². The summed E-state index contributed by atoms with van der Waals surface area (Å²) in [4.78, 5) is 11.4. The molecule has 0 aliphatic rings. The molecule has 0 aliphatic heterocycles. The zero-order chi connectivity index (χ0) is 9.42. The SMILES string of the molecule is Cn1oc2cc(CCl)ccc2c1=O. The highest BCUT2D eigenvalue weighted by Gasteiger charge is 2.06. The molecule has 2 rings (SSSR count). The summed E-state index contributed by atoms with van der Waals surface area (Å²) < 4.78 is 6.40. The van der Waals surface area contributed by atoms with Crippen LogP contribution in [0.15, 0.2) is 27.5 Å². The van der Waals surface area contributed by atoms with Crippen molar-refractivity contribution in [3.63, 3.8) is 0 Å². The Balaban J connectivity index is 2.80. The molecule has 0 spiro atoms. The van der Waals surface area contributed by atoms with Crippen LogP contribution in [0.1, 0.15) is 5.56 Å². The topological polar surface area (TPSA) is 35.1 Å². The monoisotopic (exact) mass is 197 g/mol. The van der Waals surface area contributed by atoms with Gasteiger partial charge >= 0.3 is 0 Å². The Morgan fingerprint density at radius 1 is 1.54 bits per heavy atom. The van der Waals surface area contributed by atoms with Gasteiger partial charge in [0.15, 0.2) is 5.58 Å². The van der Waals surface area contributed by atoms with Crippen LogP contribution < -0.4 is 5.56 Å². The summed E-state index contributed by atoms with van der Waals surface area (Å²) in [5.41, 5.74) is 1.42. The zero-order valence-corrected chi connectivity index (χ0v) is 7.84. The highest BCUT2D eigenvalue weighted by Crippen LogP contribution is 2.14. The van der Waals surface area contributed by atoms with Crippen molar-refractivity contribution in [1.82, 2.24) is 4.74 Å². The summed E-state index contributed by atoms with van der Waals surface area (Å²) in [6.07, 6.45) is 0. The van der Waals surface area contributed by atoms with Crippen molar-refractivity contribution in [2.75, 3.05) is 0 Å². The largest absolute Gasteiger partial charge is 0.376 e. The van der Waals surface area contributed by atoms with E-state index in [1.807, 2.05) is 6.07 Å². The van der Waals surface area contributed by atoms with Gasteiger partial charge in [0.05, 0.1) is 5.39 Å². The van der Waals surface area contributed by atoms with Gasteiger partial charge in [-0.2, -0.15) is 4.74 Å². The first-order valence-electron chi connectivity index (χ1n) is 3.87. The molecule has 3 nitrogen and oxygen atoms in total. The number of rotatable bonds is 1. The van der Waals surface area contributed by atoms with Crippen LogP contribution >= 0.6 is 11.6 Å². The quantitative estimate of drug-likeness (QED) is 0.655. The van der Waals surface area contributed by atoms with Gasteiger partial charge in [0.2, 0.25) is 0 Å². The molecular formula is C9H8ClNO2. The standard InChI is InChI=1S/C9H8ClNO2/c1-11-9(12)7-3-2-6(5-10)4-8(7)13-11/h2-4H,5H2,1H3. The number of alkyl halides is 1. The van der Waals surface area contributed by atoms with Crippen LogP contribution in [-0.4, -0.2) is 4.74 Å². The van der Waals surface area contributed by atoms with Crippen LogP contribution in [0.4, 0.5) is 0 Å². The van der Waals surface area contributed by atoms with Gasteiger partial charge in [0.1, 0.15) is 0 Å². The minimum absolute atomic E-state index is 0.115.